The Hall–Kier alpha value is -0.800. The molecule has 2 heterocycles. The van der Waals surface area contributed by atoms with Crippen LogP contribution in [-0.2, 0) is 13.1 Å². The summed E-state index contributed by atoms with van der Waals surface area (Å²) in [6, 6.07) is 2.89. The van der Waals surface area contributed by atoms with Gasteiger partial charge in [0.25, 0.3) is 0 Å². The average molecular weight is 262 g/mol. The molecule has 2 fully saturated rings. The summed E-state index contributed by atoms with van der Waals surface area (Å²) in [4.78, 5) is 2.53. The third-order valence-electron chi connectivity index (χ3n) is 4.57. The summed E-state index contributed by atoms with van der Waals surface area (Å²) in [5.41, 5.74) is 1.87. The van der Waals surface area contributed by atoms with Gasteiger partial charge in [-0.05, 0) is 50.3 Å². The molecule has 1 aromatic rings. The van der Waals surface area contributed by atoms with Crippen LogP contribution in [0.2, 0.25) is 0 Å². The number of furan rings is 1. The normalized spacial score (nSPS) is 23.7. The molecule has 0 bridgehead atoms. The lowest BCUT2D eigenvalue weighted by Gasteiger charge is -2.36. The van der Waals surface area contributed by atoms with Gasteiger partial charge in [-0.15, -0.1) is 0 Å². The second-order valence-corrected chi connectivity index (χ2v) is 6.96. The molecule has 106 valence electrons. The van der Waals surface area contributed by atoms with Crippen molar-refractivity contribution >= 4 is 0 Å². The highest BCUT2D eigenvalue weighted by molar-refractivity contribution is 5.17. The molecule has 1 saturated heterocycles. The van der Waals surface area contributed by atoms with Crippen LogP contribution in [-0.4, -0.2) is 24.0 Å². The van der Waals surface area contributed by atoms with Gasteiger partial charge in [-0.2, -0.15) is 0 Å². The Balaban J connectivity index is 1.53. The third-order valence-corrected chi connectivity index (χ3v) is 4.57. The van der Waals surface area contributed by atoms with Gasteiger partial charge in [0.2, 0.25) is 0 Å². The predicted octanol–water partition coefficient (Wildman–Crippen LogP) is 3.15. The quantitative estimate of drug-likeness (QED) is 0.883. The van der Waals surface area contributed by atoms with Crippen LogP contribution in [0.15, 0.2) is 16.7 Å². The highest BCUT2D eigenvalue weighted by atomic mass is 16.3. The molecule has 1 aliphatic heterocycles. The van der Waals surface area contributed by atoms with Gasteiger partial charge in [0.1, 0.15) is 5.76 Å². The van der Waals surface area contributed by atoms with E-state index in [0.717, 1.165) is 24.9 Å². The molecule has 0 aromatic carbocycles. The van der Waals surface area contributed by atoms with Crippen LogP contribution < -0.4 is 5.32 Å². The summed E-state index contributed by atoms with van der Waals surface area (Å²) in [5, 5.41) is 3.57. The van der Waals surface area contributed by atoms with Crippen molar-refractivity contribution in [3.63, 3.8) is 0 Å². The van der Waals surface area contributed by atoms with Crippen molar-refractivity contribution in [1.82, 2.24) is 10.2 Å². The summed E-state index contributed by atoms with van der Waals surface area (Å²) >= 11 is 0. The van der Waals surface area contributed by atoms with Crippen LogP contribution in [0.4, 0.5) is 0 Å². The Morgan fingerprint density at radius 1 is 1.32 bits per heavy atom. The highest BCUT2D eigenvalue weighted by Crippen LogP contribution is 2.30. The number of hydrogen-bond acceptors (Lipinski definition) is 3. The van der Waals surface area contributed by atoms with Gasteiger partial charge in [-0.25, -0.2) is 0 Å². The van der Waals surface area contributed by atoms with E-state index in [1.54, 1.807) is 0 Å². The van der Waals surface area contributed by atoms with Crippen LogP contribution in [0.5, 0.6) is 0 Å². The number of likely N-dealkylation sites (tertiary alicyclic amines) is 1. The van der Waals surface area contributed by atoms with Crippen molar-refractivity contribution in [3.8, 4) is 0 Å². The van der Waals surface area contributed by atoms with Gasteiger partial charge in [0.05, 0.1) is 12.8 Å². The first kappa shape index (κ1) is 13.2. The van der Waals surface area contributed by atoms with Crippen molar-refractivity contribution in [2.45, 2.75) is 58.7 Å². The summed E-state index contributed by atoms with van der Waals surface area (Å²) in [6.07, 6.45) is 7.11. The van der Waals surface area contributed by atoms with Gasteiger partial charge in [0.15, 0.2) is 0 Å². The van der Waals surface area contributed by atoms with E-state index in [-0.39, 0.29) is 0 Å². The molecule has 2 aliphatic rings. The molecule has 3 nitrogen and oxygen atoms in total. The van der Waals surface area contributed by atoms with E-state index in [0.29, 0.717) is 5.41 Å². The van der Waals surface area contributed by atoms with Crippen LogP contribution in [0.3, 0.4) is 0 Å². The fourth-order valence-corrected chi connectivity index (χ4v) is 2.72. The second-order valence-electron chi connectivity index (χ2n) is 6.96. The molecule has 0 spiro atoms. The van der Waals surface area contributed by atoms with Crippen LogP contribution in [0.25, 0.3) is 0 Å². The van der Waals surface area contributed by atoms with E-state index in [1.807, 2.05) is 6.26 Å². The largest absolute Gasteiger partial charge is 0.468 e. The first-order valence-electron chi connectivity index (χ1n) is 7.63. The first-order valence-corrected chi connectivity index (χ1v) is 7.63. The summed E-state index contributed by atoms with van der Waals surface area (Å²) in [6.45, 7) is 9.09. The molecule has 1 saturated carbocycles. The summed E-state index contributed by atoms with van der Waals surface area (Å²) in [7, 11) is 0. The lowest BCUT2D eigenvalue weighted by molar-refractivity contribution is 0.120. The number of rotatable bonds is 5. The Kier molecular flexibility index (Phi) is 3.68. The van der Waals surface area contributed by atoms with Gasteiger partial charge in [-0.1, -0.05) is 13.8 Å². The SMILES string of the molecule is CC1(C)CCN(Cc2occc2CNC2CC2)CC1. The average Bonchev–Trinajstić information content (AvgIpc) is 3.10. The van der Waals surface area contributed by atoms with Crippen molar-refractivity contribution in [2.24, 2.45) is 5.41 Å². The smallest absolute Gasteiger partial charge is 0.122 e. The van der Waals surface area contributed by atoms with Crippen LogP contribution in [0, 0.1) is 5.41 Å². The van der Waals surface area contributed by atoms with Crippen molar-refractivity contribution < 1.29 is 4.42 Å². The topological polar surface area (TPSA) is 28.4 Å². The van der Waals surface area contributed by atoms with Crippen molar-refractivity contribution in [3.05, 3.63) is 23.7 Å². The minimum atomic E-state index is 0.524. The Morgan fingerprint density at radius 3 is 2.74 bits per heavy atom. The predicted molar refractivity (Wildman–Crippen MR) is 76.9 cm³/mol. The number of piperidine rings is 1. The molecule has 3 rings (SSSR count). The molecule has 1 aromatic heterocycles. The van der Waals surface area contributed by atoms with E-state index >= 15 is 0 Å². The van der Waals surface area contributed by atoms with E-state index in [2.05, 4.69) is 30.1 Å². The number of hydrogen-bond donors (Lipinski definition) is 1. The number of nitrogens with zero attached hydrogens (tertiary/aromatic N) is 1. The Bertz CT molecular complexity index is 410. The first-order chi connectivity index (χ1) is 9.12. The molecule has 0 radical (unpaired) electrons. The zero-order chi connectivity index (χ0) is 13.3. The Morgan fingerprint density at radius 2 is 2.05 bits per heavy atom. The molecule has 3 heteroatoms. The zero-order valence-corrected chi connectivity index (χ0v) is 12.2. The molecule has 1 aliphatic carbocycles. The van der Waals surface area contributed by atoms with Gasteiger partial charge < -0.3 is 9.73 Å². The third kappa shape index (κ3) is 3.61. The Labute approximate surface area is 116 Å². The van der Waals surface area contributed by atoms with Gasteiger partial charge >= 0.3 is 0 Å². The van der Waals surface area contributed by atoms with E-state index in [9.17, 15) is 0 Å². The van der Waals surface area contributed by atoms with Crippen LogP contribution >= 0.6 is 0 Å². The summed E-state index contributed by atoms with van der Waals surface area (Å²) < 4.78 is 5.69. The van der Waals surface area contributed by atoms with Crippen LogP contribution in [0.1, 0.15) is 50.9 Å². The molecule has 19 heavy (non-hydrogen) atoms. The fraction of sp³-hybridized carbons (Fsp3) is 0.750. The molecular weight excluding hydrogens is 236 g/mol. The lowest BCUT2D eigenvalue weighted by atomic mass is 9.82. The molecular formula is C16H26N2O. The monoisotopic (exact) mass is 262 g/mol. The minimum absolute atomic E-state index is 0.524. The van der Waals surface area contributed by atoms with E-state index in [4.69, 9.17) is 4.42 Å². The zero-order valence-electron chi connectivity index (χ0n) is 12.2. The molecule has 0 amide bonds. The van der Waals surface area contributed by atoms with Crippen molar-refractivity contribution in [1.29, 1.82) is 0 Å². The minimum Gasteiger partial charge on any atom is -0.468 e. The number of nitrogens with one attached hydrogen (secondary N) is 1. The maximum Gasteiger partial charge on any atom is 0.122 e. The standard InChI is InChI=1S/C16H26N2O/c1-16(2)6-8-18(9-7-16)12-15-13(5-10-19-15)11-17-14-3-4-14/h5,10,14,17H,3-4,6-9,11-12H2,1-2H3. The van der Waals surface area contributed by atoms with E-state index < -0.39 is 0 Å². The van der Waals surface area contributed by atoms with E-state index in [1.165, 1.54) is 44.3 Å². The molecule has 0 atom stereocenters. The highest BCUT2D eigenvalue weighted by Gasteiger charge is 2.26. The second kappa shape index (κ2) is 5.29. The van der Waals surface area contributed by atoms with Gasteiger partial charge in [-0.3, -0.25) is 4.90 Å². The molecule has 1 N–H and O–H groups in total. The lowest BCUT2D eigenvalue weighted by Crippen LogP contribution is -2.36. The maximum atomic E-state index is 5.69. The maximum absolute atomic E-state index is 5.69. The fourth-order valence-electron chi connectivity index (χ4n) is 2.72. The van der Waals surface area contributed by atoms with Crippen molar-refractivity contribution in [2.75, 3.05) is 13.1 Å². The van der Waals surface area contributed by atoms with Gasteiger partial charge in [0, 0.05) is 18.2 Å². The molecule has 0 unspecified atom stereocenters. The summed E-state index contributed by atoms with van der Waals surface area (Å²) in [5.74, 6) is 1.16.